The number of carbonyl (C=O) groups is 4. The third-order valence-corrected chi connectivity index (χ3v) is 3.03. The van der Waals surface area contributed by atoms with Gasteiger partial charge in [-0.05, 0) is 12.8 Å². The monoisotopic (exact) mass is 398 g/mol. The van der Waals surface area contributed by atoms with Gasteiger partial charge in [0, 0.05) is 23.8 Å². The van der Waals surface area contributed by atoms with Crippen LogP contribution in [0.5, 0.6) is 0 Å². The SMILES string of the molecule is O=C([O-])C1CC(C(=O)[O-])C(C(=O)[O-])(C(=O)[O-])C1.[K+].[K+].[K+].[K+]. The second kappa shape index (κ2) is 14.5. The maximum atomic E-state index is 10.8. The van der Waals surface area contributed by atoms with E-state index in [-0.39, 0.29) is 206 Å². The topological polar surface area (TPSA) is 161 Å². The molecule has 94 valence electrons. The summed E-state index contributed by atoms with van der Waals surface area (Å²) in [7, 11) is 0. The van der Waals surface area contributed by atoms with Crippen LogP contribution in [-0.2, 0) is 19.2 Å². The number of hydrogen-bond donors (Lipinski definition) is 0. The minimum atomic E-state index is -2.89. The molecule has 0 heterocycles. The van der Waals surface area contributed by atoms with E-state index in [1.165, 1.54) is 0 Å². The quantitative estimate of drug-likeness (QED) is 0.333. The number of carboxylic acid groups (broad SMARTS) is 4. The minimum Gasteiger partial charge on any atom is -0.550 e. The van der Waals surface area contributed by atoms with Crippen molar-refractivity contribution in [3.63, 3.8) is 0 Å². The van der Waals surface area contributed by atoms with E-state index in [4.69, 9.17) is 0 Å². The zero-order valence-corrected chi connectivity index (χ0v) is 24.8. The number of hydrogen-bond acceptors (Lipinski definition) is 8. The van der Waals surface area contributed by atoms with Gasteiger partial charge in [-0.1, -0.05) is 0 Å². The molecule has 1 saturated carbocycles. The molecule has 0 aliphatic heterocycles. The maximum absolute atomic E-state index is 10.8. The predicted octanol–water partition coefficient (Wildman–Crippen LogP) is -18.0. The molecule has 8 nitrogen and oxygen atoms in total. The van der Waals surface area contributed by atoms with Crippen molar-refractivity contribution >= 4 is 23.9 Å². The molecule has 2 unspecified atom stereocenters. The Bertz CT molecular complexity index is 399. The van der Waals surface area contributed by atoms with Crippen LogP contribution < -0.4 is 226 Å². The summed E-state index contributed by atoms with van der Waals surface area (Å²) in [6.07, 6.45) is -1.65. The largest absolute Gasteiger partial charge is 1.00 e. The van der Waals surface area contributed by atoms with E-state index >= 15 is 0 Å². The molecule has 0 aromatic carbocycles. The van der Waals surface area contributed by atoms with Crippen LogP contribution in [0.4, 0.5) is 0 Å². The second-order valence-electron chi connectivity index (χ2n) is 3.87. The first-order valence-corrected chi connectivity index (χ1v) is 4.58. The fraction of sp³-hybridized carbons (Fsp3) is 0.556. The van der Waals surface area contributed by atoms with E-state index in [2.05, 4.69) is 0 Å². The molecule has 0 saturated heterocycles. The molecule has 1 fully saturated rings. The molecule has 0 spiro atoms. The Kier molecular flexibility index (Phi) is 22.8. The van der Waals surface area contributed by atoms with Crippen LogP contribution in [-0.4, -0.2) is 23.9 Å². The summed E-state index contributed by atoms with van der Waals surface area (Å²) in [6.45, 7) is 0. The van der Waals surface area contributed by atoms with Gasteiger partial charge >= 0.3 is 206 Å². The Labute approximate surface area is 290 Å². The Balaban J connectivity index is -0.000000361. The molecular formula is C9H6K4O8. The molecule has 0 N–H and O–H groups in total. The van der Waals surface area contributed by atoms with Crippen LogP contribution in [0.25, 0.3) is 0 Å². The summed E-state index contributed by atoms with van der Waals surface area (Å²) in [4.78, 5) is 42.9. The van der Waals surface area contributed by atoms with Gasteiger partial charge in [-0.3, -0.25) is 0 Å². The third-order valence-electron chi connectivity index (χ3n) is 3.03. The third kappa shape index (κ3) is 7.90. The number of aliphatic carboxylic acids is 4. The van der Waals surface area contributed by atoms with Crippen molar-refractivity contribution in [1.29, 1.82) is 0 Å². The molecule has 1 aliphatic rings. The van der Waals surface area contributed by atoms with Gasteiger partial charge in [0.15, 0.2) is 0 Å². The zero-order chi connectivity index (χ0) is 13.4. The molecule has 1 rings (SSSR count). The molecule has 12 heteroatoms. The molecule has 0 aromatic heterocycles. The standard InChI is InChI=1S/C9H10O8.4K/c10-5(11)3-1-4(6(12)13)9(2-3,7(14)15)8(16)17;;;;/h3-4H,1-2H2,(H,10,11)(H,12,13)(H,14,15)(H,16,17);;;;/q;4*+1/p-4. The van der Waals surface area contributed by atoms with Crippen LogP contribution in [0.1, 0.15) is 12.8 Å². The fourth-order valence-electron chi connectivity index (χ4n) is 2.11. The summed E-state index contributed by atoms with van der Waals surface area (Å²) in [5.74, 6) is -11.6. The van der Waals surface area contributed by atoms with Crippen LogP contribution in [0.15, 0.2) is 0 Å². The van der Waals surface area contributed by atoms with E-state index < -0.39 is 54.0 Å². The van der Waals surface area contributed by atoms with Gasteiger partial charge in [0.25, 0.3) is 0 Å². The van der Waals surface area contributed by atoms with Gasteiger partial charge in [0.05, 0.1) is 17.4 Å². The zero-order valence-electron chi connectivity index (χ0n) is 12.3. The molecule has 1 aliphatic carbocycles. The molecule has 2 atom stereocenters. The molecular weight excluding hydrogens is 392 g/mol. The van der Waals surface area contributed by atoms with Crippen molar-refractivity contribution in [2.45, 2.75) is 12.8 Å². The van der Waals surface area contributed by atoms with Crippen molar-refractivity contribution in [3.05, 3.63) is 0 Å². The van der Waals surface area contributed by atoms with Gasteiger partial charge < -0.3 is 39.6 Å². The van der Waals surface area contributed by atoms with E-state index in [0.29, 0.717) is 0 Å². The maximum Gasteiger partial charge on any atom is 1.00 e. The Morgan fingerprint density at radius 3 is 1.33 bits per heavy atom. The van der Waals surface area contributed by atoms with E-state index in [9.17, 15) is 39.6 Å². The van der Waals surface area contributed by atoms with Gasteiger partial charge in [-0.15, -0.1) is 0 Å². The Morgan fingerprint density at radius 1 is 0.762 bits per heavy atom. The van der Waals surface area contributed by atoms with E-state index in [1.807, 2.05) is 0 Å². The van der Waals surface area contributed by atoms with E-state index in [0.717, 1.165) is 0 Å². The minimum absolute atomic E-state index is 0. The van der Waals surface area contributed by atoms with Crippen molar-refractivity contribution < 1.29 is 245 Å². The summed E-state index contributed by atoms with van der Waals surface area (Å²) in [5.41, 5.74) is -2.89. The Hall–Kier alpha value is 4.43. The smallest absolute Gasteiger partial charge is 0.550 e. The fourth-order valence-corrected chi connectivity index (χ4v) is 2.11. The molecule has 0 aromatic rings. The van der Waals surface area contributed by atoms with E-state index in [1.54, 1.807) is 0 Å². The van der Waals surface area contributed by atoms with Crippen LogP contribution in [0.2, 0.25) is 0 Å². The number of carbonyl (C=O) groups excluding carboxylic acids is 4. The van der Waals surface area contributed by atoms with Crippen LogP contribution in [0.3, 0.4) is 0 Å². The first kappa shape index (κ1) is 33.0. The van der Waals surface area contributed by atoms with Gasteiger partial charge in [0.2, 0.25) is 0 Å². The number of rotatable bonds is 4. The molecule has 21 heavy (non-hydrogen) atoms. The van der Waals surface area contributed by atoms with Crippen LogP contribution in [0, 0.1) is 17.3 Å². The second-order valence-corrected chi connectivity index (χ2v) is 3.87. The summed E-state index contributed by atoms with van der Waals surface area (Å²) in [5, 5.41) is 42.9. The van der Waals surface area contributed by atoms with Gasteiger partial charge in [0.1, 0.15) is 0 Å². The van der Waals surface area contributed by atoms with Gasteiger partial charge in [-0.2, -0.15) is 0 Å². The first-order chi connectivity index (χ1) is 7.73. The van der Waals surface area contributed by atoms with Crippen molar-refractivity contribution in [1.82, 2.24) is 0 Å². The van der Waals surface area contributed by atoms with Crippen molar-refractivity contribution in [3.8, 4) is 0 Å². The molecule has 0 radical (unpaired) electrons. The number of carboxylic acids is 4. The summed E-state index contributed by atoms with van der Waals surface area (Å²) in [6, 6.07) is 0. The van der Waals surface area contributed by atoms with Crippen molar-refractivity contribution in [2.75, 3.05) is 0 Å². The molecule has 0 bridgehead atoms. The normalized spacial score (nSPS) is 21.3. The van der Waals surface area contributed by atoms with Gasteiger partial charge in [-0.25, -0.2) is 0 Å². The average Bonchev–Trinajstić information content (AvgIpc) is 2.58. The summed E-state index contributed by atoms with van der Waals surface area (Å²) >= 11 is 0. The molecule has 0 amide bonds. The average molecular weight is 399 g/mol. The van der Waals surface area contributed by atoms with Crippen LogP contribution >= 0.6 is 0 Å². The Morgan fingerprint density at radius 2 is 1.14 bits per heavy atom. The first-order valence-electron chi connectivity index (χ1n) is 4.58. The van der Waals surface area contributed by atoms with Crippen molar-refractivity contribution in [2.24, 2.45) is 17.3 Å². The summed E-state index contributed by atoms with van der Waals surface area (Å²) < 4.78 is 0. The predicted molar refractivity (Wildman–Crippen MR) is 38.7 cm³/mol.